The van der Waals surface area contributed by atoms with Crippen LogP contribution < -0.4 is 5.32 Å². The van der Waals surface area contributed by atoms with Gasteiger partial charge in [-0.15, -0.1) is 0 Å². The second-order valence-corrected chi connectivity index (χ2v) is 6.72. The predicted octanol–water partition coefficient (Wildman–Crippen LogP) is 1.29. The lowest BCUT2D eigenvalue weighted by Gasteiger charge is -2.18. The molecule has 0 aromatic heterocycles. The molecule has 0 atom stereocenters. The second kappa shape index (κ2) is 8.03. The first-order chi connectivity index (χ1) is 7.40. The Morgan fingerprint density at radius 2 is 1.94 bits per heavy atom. The van der Waals surface area contributed by atoms with E-state index in [9.17, 15) is 8.42 Å². The molecule has 0 bridgehead atoms. The predicted molar refractivity (Wildman–Crippen MR) is 69.0 cm³/mol. The van der Waals surface area contributed by atoms with Crippen molar-refractivity contribution >= 4 is 10.0 Å². The average Bonchev–Trinajstić information content (AvgIpc) is 2.20. The number of nitrogens with one attached hydrogen (secondary N) is 1. The third kappa shape index (κ3) is 7.19. The number of hydrogen-bond donors (Lipinski definition) is 1. The van der Waals surface area contributed by atoms with Gasteiger partial charge in [0.15, 0.2) is 0 Å². The number of nitrogens with zero attached hydrogens (tertiary/aromatic N) is 1. The second-order valence-electron chi connectivity index (χ2n) is 4.53. The van der Waals surface area contributed by atoms with Gasteiger partial charge in [0, 0.05) is 13.6 Å². The van der Waals surface area contributed by atoms with Gasteiger partial charge in [0.25, 0.3) is 0 Å². The fourth-order valence-corrected chi connectivity index (χ4v) is 2.50. The van der Waals surface area contributed by atoms with Gasteiger partial charge in [0.2, 0.25) is 10.0 Å². The molecule has 0 unspecified atom stereocenters. The van der Waals surface area contributed by atoms with Crippen LogP contribution >= 0.6 is 0 Å². The summed E-state index contributed by atoms with van der Waals surface area (Å²) in [6, 6.07) is 0. The van der Waals surface area contributed by atoms with Crippen LogP contribution in [-0.4, -0.2) is 45.2 Å². The summed E-state index contributed by atoms with van der Waals surface area (Å²) in [6.07, 6.45) is 1.60. The molecule has 0 aliphatic heterocycles. The highest BCUT2D eigenvalue weighted by Crippen LogP contribution is 2.05. The molecule has 0 saturated carbocycles. The molecule has 16 heavy (non-hydrogen) atoms. The summed E-state index contributed by atoms with van der Waals surface area (Å²) in [5.41, 5.74) is 0. The van der Waals surface area contributed by atoms with Crippen molar-refractivity contribution in [2.75, 3.05) is 32.4 Å². The summed E-state index contributed by atoms with van der Waals surface area (Å²) in [7, 11) is -1.37. The molecule has 4 nitrogen and oxygen atoms in total. The Bertz CT molecular complexity index is 263. The maximum atomic E-state index is 11.8. The standard InChI is InChI=1S/C11H26N2O2S/c1-5-12-8-6-10-16(14,15)13(4)9-7-11(2)3/h11-12H,5-10H2,1-4H3. The smallest absolute Gasteiger partial charge is 0.213 e. The van der Waals surface area contributed by atoms with Crippen LogP contribution in [0, 0.1) is 5.92 Å². The number of sulfonamides is 1. The van der Waals surface area contributed by atoms with E-state index in [0.717, 1.165) is 19.5 Å². The molecule has 0 aromatic rings. The van der Waals surface area contributed by atoms with Crippen LogP contribution in [0.5, 0.6) is 0 Å². The largest absolute Gasteiger partial charge is 0.317 e. The fraction of sp³-hybridized carbons (Fsp3) is 1.00. The Hall–Kier alpha value is -0.130. The third-order valence-electron chi connectivity index (χ3n) is 2.50. The van der Waals surface area contributed by atoms with Gasteiger partial charge in [-0.25, -0.2) is 12.7 Å². The first-order valence-corrected chi connectivity index (χ1v) is 7.65. The van der Waals surface area contributed by atoms with Gasteiger partial charge in [-0.2, -0.15) is 0 Å². The first kappa shape index (κ1) is 15.9. The van der Waals surface area contributed by atoms with Crippen LogP contribution in [0.4, 0.5) is 0 Å². The maximum Gasteiger partial charge on any atom is 0.213 e. The third-order valence-corrected chi connectivity index (χ3v) is 4.44. The Balaban J connectivity index is 3.91. The quantitative estimate of drug-likeness (QED) is 0.627. The molecule has 0 saturated heterocycles. The lowest BCUT2D eigenvalue weighted by atomic mass is 10.1. The summed E-state index contributed by atoms with van der Waals surface area (Å²) in [4.78, 5) is 0. The minimum atomic E-state index is -3.04. The minimum Gasteiger partial charge on any atom is -0.317 e. The topological polar surface area (TPSA) is 49.4 Å². The highest BCUT2D eigenvalue weighted by molar-refractivity contribution is 7.89. The monoisotopic (exact) mass is 250 g/mol. The highest BCUT2D eigenvalue weighted by atomic mass is 32.2. The summed E-state index contributed by atoms with van der Waals surface area (Å²) < 4.78 is 25.1. The van der Waals surface area contributed by atoms with E-state index in [1.54, 1.807) is 7.05 Å². The number of hydrogen-bond acceptors (Lipinski definition) is 3. The molecule has 0 spiro atoms. The molecule has 0 rings (SSSR count). The zero-order valence-corrected chi connectivity index (χ0v) is 11.8. The van der Waals surface area contributed by atoms with Crippen LogP contribution in [-0.2, 0) is 10.0 Å². The van der Waals surface area contributed by atoms with Crippen LogP contribution in [0.3, 0.4) is 0 Å². The van der Waals surface area contributed by atoms with Gasteiger partial charge >= 0.3 is 0 Å². The van der Waals surface area contributed by atoms with E-state index in [1.807, 2.05) is 6.92 Å². The summed E-state index contributed by atoms with van der Waals surface area (Å²) in [6.45, 7) is 8.51. The molecule has 0 aromatic carbocycles. The van der Waals surface area contributed by atoms with Gasteiger partial charge in [0.05, 0.1) is 5.75 Å². The summed E-state index contributed by atoms with van der Waals surface area (Å²) >= 11 is 0. The first-order valence-electron chi connectivity index (χ1n) is 6.05. The molecule has 1 N–H and O–H groups in total. The minimum absolute atomic E-state index is 0.245. The van der Waals surface area contributed by atoms with Gasteiger partial charge in [-0.1, -0.05) is 20.8 Å². The van der Waals surface area contributed by atoms with Crippen LogP contribution in [0.15, 0.2) is 0 Å². The van der Waals surface area contributed by atoms with Crippen molar-refractivity contribution in [3.8, 4) is 0 Å². The Morgan fingerprint density at radius 1 is 1.31 bits per heavy atom. The van der Waals surface area contributed by atoms with Crippen LogP contribution in [0.2, 0.25) is 0 Å². The Morgan fingerprint density at radius 3 is 2.44 bits per heavy atom. The van der Waals surface area contributed by atoms with E-state index in [-0.39, 0.29) is 5.75 Å². The summed E-state index contributed by atoms with van der Waals surface area (Å²) in [5.74, 6) is 0.786. The average molecular weight is 250 g/mol. The SMILES string of the molecule is CCNCCCS(=O)(=O)N(C)CCC(C)C. The Labute approximate surface area is 100 Å². The molecule has 98 valence electrons. The zero-order chi connectivity index (χ0) is 12.6. The van der Waals surface area contributed by atoms with Crippen molar-refractivity contribution in [1.29, 1.82) is 0 Å². The molecule has 0 fully saturated rings. The maximum absolute atomic E-state index is 11.8. The van der Waals surface area contributed by atoms with Crippen molar-refractivity contribution in [3.05, 3.63) is 0 Å². The van der Waals surface area contributed by atoms with Gasteiger partial charge in [0.1, 0.15) is 0 Å². The molecular formula is C11H26N2O2S. The van der Waals surface area contributed by atoms with Crippen LogP contribution in [0.1, 0.15) is 33.6 Å². The van der Waals surface area contributed by atoms with Gasteiger partial charge < -0.3 is 5.32 Å². The molecule has 0 amide bonds. The van der Waals surface area contributed by atoms with E-state index < -0.39 is 10.0 Å². The normalized spacial score (nSPS) is 12.6. The van der Waals surface area contributed by atoms with Crippen molar-refractivity contribution in [3.63, 3.8) is 0 Å². The Kier molecular flexibility index (Phi) is 7.97. The molecular weight excluding hydrogens is 224 g/mol. The van der Waals surface area contributed by atoms with Crippen molar-refractivity contribution < 1.29 is 8.42 Å². The number of rotatable bonds is 9. The van der Waals surface area contributed by atoms with Crippen molar-refractivity contribution in [1.82, 2.24) is 9.62 Å². The van der Waals surface area contributed by atoms with Gasteiger partial charge in [-0.3, -0.25) is 0 Å². The molecule has 0 radical (unpaired) electrons. The van der Waals surface area contributed by atoms with E-state index in [2.05, 4.69) is 19.2 Å². The van der Waals surface area contributed by atoms with Gasteiger partial charge in [-0.05, 0) is 31.8 Å². The van der Waals surface area contributed by atoms with Crippen LogP contribution in [0.25, 0.3) is 0 Å². The zero-order valence-electron chi connectivity index (χ0n) is 11.0. The van der Waals surface area contributed by atoms with E-state index in [4.69, 9.17) is 0 Å². The molecule has 0 aliphatic carbocycles. The van der Waals surface area contributed by atoms with Crippen molar-refractivity contribution in [2.45, 2.75) is 33.6 Å². The summed E-state index contributed by atoms with van der Waals surface area (Å²) in [5, 5.41) is 3.13. The molecule has 0 heterocycles. The van der Waals surface area contributed by atoms with E-state index >= 15 is 0 Å². The lowest BCUT2D eigenvalue weighted by Crippen LogP contribution is -2.32. The van der Waals surface area contributed by atoms with Crippen molar-refractivity contribution in [2.24, 2.45) is 5.92 Å². The fourth-order valence-electron chi connectivity index (χ4n) is 1.29. The molecule has 0 aliphatic rings. The molecule has 5 heteroatoms. The highest BCUT2D eigenvalue weighted by Gasteiger charge is 2.16. The van der Waals surface area contributed by atoms with E-state index in [1.165, 1.54) is 4.31 Å². The lowest BCUT2D eigenvalue weighted by molar-refractivity contribution is 0.427. The van der Waals surface area contributed by atoms with E-state index in [0.29, 0.717) is 18.9 Å².